The van der Waals surface area contributed by atoms with Crippen LogP contribution in [0.1, 0.15) is 37.6 Å². The van der Waals surface area contributed by atoms with Gasteiger partial charge in [-0.1, -0.05) is 19.4 Å². The average Bonchev–Trinajstić information content (AvgIpc) is 2.65. The zero-order chi connectivity index (χ0) is 12.8. The fraction of sp³-hybridized carbons (Fsp3) is 0.533. The van der Waals surface area contributed by atoms with Crippen LogP contribution in [0, 0.1) is 12.3 Å². The van der Waals surface area contributed by atoms with Gasteiger partial charge in [0, 0.05) is 6.54 Å². The van der Waals surface area contributed by atoms with Crippen LogP contribution in [0.15, 0.2) is 18.2 Å². The molecule has 3 rings (SSSR count). The normalized spacial score (nSPS) is 17.9. The standard InChI is InChI=1S/C15H19ClN2/c1-11-4-5-12-13(8-11)18(14(9-16)17-12)10-15(2)6-3-7-15/h4-5,8H,3,6-7,9-10H2,1-2H3. The average molecular weight is 263 g/mol. The van der Waals surface area contributed by atoms with Crippen molar-refractivity contribution in [2.24, 2.45) is 5.41 Å². The first kappa shape index (κ1) is 12.0. The highest BCUT2D eigenvalue weighted by Crippen LogP contribution is 2.42. The van der Waals surface area contributed by atoms with Gasteiger partial charge in [-0.05, 0) is 42.9 Å². The van der Waals surface area contributed by atoms with Gasteiger partial charge in [-0.25, -0.2) is 4.98 Å². The molecule has 3 heteroatoms. The van der Waals surface area contributed by atoms with Crippen LogP contribution in [-0.4, -0.2) is 9.55 Å². The van der Waals surface area contributed by atoms with Gasteiger partial charge in [0.25, 0.3) is 0 Å². The summed E-state index contributed by atoms with van der Waals surface area (Å²) in [6.07, 6.45) is 4.00. The highest BCUT2D eigenvalue weighted by atomic mass is 35.5. The molecule has 1 saturated carbocycles. The molecule has 2 aromatic rings. The Morgan fingerprint density at radius 3 is 2.78 bits per heavy atom. The molecule has 0 atom stereocenters. The Morgan fingerprint density at radius 1 is 1.39 bits per heavy atom. The summed E-state index contributed by atoms with van der Waals surface area (Å²) < 4.78 is 2.33. The van der Waals surface area contributed by atoms with E-state index in [1.807, 2.05) is 0 Å². The lowest BCUT2D eigenvalue weighted by Gasteiger charge is -2.39. The van der Waals surface area contributed by atoms with Crippen LogP contribution < -0.4 is 0 Å². The highest BCUT2D eigenvalue weighted by Gasteiger charge is 2.33. The molecule has 18 heavy (non-hydrogen) atoms. The number of hydrogen-bond acceptors (Lipinski definition) is 1. The maximum absolute atomic E-state index is 6.05. The van der Waals surface area contributed by atoms with E-state index in [1.54, 1.807) is 0 Å². The molecule has 96 valence electrons. The van der Waals surface area contributed by atoms with E-state index in [0.717, 1.165) is 17.9 Å². The second-order valence-corrected chi connectivity index (χ2v) is 6.17. The van der Waals surface area contributed by atoms with Crippen LogP contribution in [0.3, 0.4) is 0 Å². The van der Waals surface area contributed by atoms with Crippen LogP contribution in [-0.2, 0) is 12.4 Å². The molecule has 1 aliphatic carbocycles. The third kappa shape index (κ3) is 1.93. The highest BCUT2D eigenvalue weighted by molar-refractivity contribution is 6.16. The lowest BCUT2D eigenvalue weighted by molar-refractivity contribution is 0.133. The topological polar surface area (TPSA) is 17.8 Å². The van der Waals surface area contributed by atoms with E-state index in [4.69, 9.17) is 11.6 Å². The number of fused-ring (bicyclic) bond motifs is 1. The number of nitrogens with zero attached hydrogens (tertiary/aromatic N) is 2. The zero-order valence-corrected chi connectivity index (χ0v) is 11.8. The maximum atomic E-state index is 6.05. The number of alkyl halides is 1. The number of aromatic nitrogens is 2. The molecule has 0 N–H and O–H groups in total. The molecule has 0 saturated heterocycles. The number of aryl methyl sites for hydroxylation is 1. The Balaban J connectivity index is 2.09. The van der Waals surface area contributed by atoms with Gasteiger partial charge in [0.05, 0.1) is 16.9 Å². The van der Waals surface area contributed by atoms with Gasteiger partial charge >= 0.3 is 0 Å². The van der Waals surface area contributed by atoms with Crippen molar-refractivity contribution in [1.29, 1.82) is 0 Å². The largest absolute Gasteiger partial charge is 0.326 e. The second kappa shape index (κ2) is 4.27. The first-order valence-corrected chi connectivity index (χ1v) is 7.16. The summed E-state index contributed by atoms with van der Waals surface area (Å²) in [5.41, 5.74) is 4.03. The number of benzene rings is 1. The molecule has 0 spiro atoms. The van der Waals surface area contributed by atoms with E-state index in [-0.39, 0.29) is 0 Å². The van der Waals surface area contributed by atoms with Crippen molar-refractivity contribution in [1.82, 2.24) is 9.55 Å². The van der Waals surface area contributed by atoms with Gasteiger partial charge in [0.2, 0.25) is 0 Å². The lowest BCUT2D eigenvalue weighted by atomic mass is 9.70. The van der Waals surface area contributed by atoms with Gasteiger partial charge in [-0.3, -0.25) is 0 Å². The molecule has 1 heterocycles. The monoisotopic (exact) mass is 262 g/mol. The Labute approximate surface area is 113 Å². The third-order valence-corrected chi connectivity index (χ3v) is 4.44. The molecule has 0 aliphatic heterocycles. The fourth-order valence-electron chi connectivity index (χ4n) is 2.88. The molecule has 1 fully saturated rings. The number of hydrogen-bond donors (Lipinski definition) is 0. The fourth-order valence-corrected chi connectivity index (χ4v) is 3.09. The van der Waals surface area contributed by atoms with E-state index in [2.05, 4.69) is 41.6 Å². The Bertz CT molecular complexity index is 581. The molecule has 0 unspecified atom stereocenters. The van der Waals surface area contributed by atoms with E-state index in [0.29, 0.717) is 11.3 Å². The summed E-state index contributed by atoms with van der Waals surface area (Å²) in [6.45, 7) is 5.55. The minimum Gasteiger partial charge on any atom is -0.326 e. The van der Waals surface area contributed by atoms with Crippen molar-refractivity contribution in [2.45, 2.75) is 45.5 Å². The summed E-state index contributed by atoms with van der Waals surface area (Å²) >= 11 is 6.05. The molecule has 2 nitrogen and oxygen atoms in total. The molecule has 0 amide bonds. The summed E-state index contributed by atoms with van der Waals surface area (Å²) in [7, 11) is 0. The van der Waals surface area contributed by atoms with Gasteiger partial charge in [-0.2, -0.15) is 0 Å². The van der Waals surface area contributed by atoms with Crippen LogP contribution >= 0.6 is 11.6 Å². The molecule has 0 bridgehead atoms. The van der Waals surface area contributed by atoms with Crippen molar-refractivity contribution < 1.29 is 0 Å². The van der Waals surface area contributed by atoms with Crippen LogP contribution in [0.4, 0.5) is 0 Å². The van der Waals surface area contributed by atoms with Crippen molar-refractivity contribution in [3.63, 3.8) is 0 Å². The molecule has 1 aromatic carbocycles. The van der Waals surface area contributed by atoms with Crippen LogP contribution in [0.5, 0.6) is 0 Å². The molecule has 1 aromatic heterocycles. The van der Waals surface area contributed by atoms with E-state index >= 15 is 0 Å². The Hall–Kier alpha value is -1.02. The van der Waals surface area contributed by atoms with Crippen LogP contribution in [0.2, 0.25) is 0 Å². The molecule has 1 aliphatic rings. The van der Waals surface area contributed by atoms with Gasteiger partial charge in [0.15, 0.2) is 0 Å². The minimum atomic E-state index is 0.443. The summed E-state index contributed by atoms with van der Waals surface area (Å²) in [5.74, 6) is 1.49. The van der Waals surface area contributed by atoms with Gasteiger partial charge < -0.3 is 4.57 Å². The van der Waals surface area contributed by atoms with Crippen molar-refractivity contribution in [3.8, 4) is 0 Å². The molecular weight excluding hydrogens is 244 g/mol. The zero-order valence-electron chi connectivity index (χ0n) is 11.0. The Kier molecular flexibility index (Phi) is 2.86. The first-order valence-electron chi connectivity index (χ1n) is 6.63. The van der Waals surface area contributed by atoms with Crippen molar-refractivity contribution in [2.75, 3.05) is 0 Å². The quantitative estimate of drug-likeness (QED) is 0.755. The summed E-state index contributed by atoms with van der Waals surface area (Å²) in [5, 5.41) is 0. The lowest BCUT2D eigenvalue weighted by Crippen LogP contribution is -2.31. The predicted octanol–water partition coefficient (Wildman–Crippen LogP) is 4.27. The van der Waals surface area contributed by atoms with E-state index in [1.165, 1.54) is 30.3 Å². The first-order chi connectivity index (χ1) is 8.61. The van der Waals surface area contributed by atoms with Crippen LogP contribution in [0.25, 0.3) is 11.0 Å². The van der Waals surface area contributed by atoms with E-state index in [9.17, 15) is 0 Å². The summed E-state index contributed by atoms with van der Waals surface area (Å²) in [4.78, 5) is 4.65. The van der Waals surface area contributed by atoms with Crippen molar-refractivity contribution >= 4 is 22.6 Å². The SMILES string of the molecule is Cc1ccc2nc(CCl)n(CC3(C)CCC3)c2c1. The van der Waals surface area contributed by atoms with Gasteiger partial charge in [-0.15, -0.1) is 11.6 Å². The van der Waals surface area contributed by atoms with Crippen molar-refractivity contribution in [3.05, 3.63) is 29.6 Å². The molecular formula is C15H19ClN2. The number of rotatable bonds is 3. The third-order valence-electron chi connectivity index (χ3n) is 4.20. The molecule has 0 radical (unpaired) electrons. The summed E-state index contributed by atoms with van der Waals surface area (Å²) in [6, 6.07) is 6.43. The number of halogens is 1. The maximum Gasteiger partial charge on any atom is 0.124 e. The Morgan fingerprint density at radius 2 is 2.17 bits per heavy atom. The van der Waals surface area contributed by atoms with Gasteiger partial charge in [0.1, 0.15) is 5.82 Å². The second-order valence-electron chi connectivity index (χ2n) is 5.90. The van der Waals surface area contributed by atoms with E-state index < -0.39 is 0 Å². The predicted molar refractivity (Wildman–Crippen MR) is 76.0 cm³/mol. The number of imidazole rings is 1. The minimum absolute atomic E-state index is 0.443. The smallest absolute Gasteiger partial charge is 0.124 e.